The molecule has 0 saturated heterocycles. The number of thiophene rings is 1. The molecule has 202 valence electrons. The number of amides is 1. The van der Waals surface area contributed by atoms with Crippen molar-refractivity contribution < 1.29 is 13.6 Å². The van der Waals surface area contributed by atoms with Gasteiger partial charge in [0.25, 0.3) is 5.91 Å². The van der Waals surface area contributed by atoms with Crippen LogP contribution in [0.25, 0.3) is 21.3 Å². The number of carbonyl (C=O) groups is 1. The molecule has 2 aromatic carbocycles. The van der Waals surface area contributed by atoms with Crippen LogP contribution in [0.2, 0.25) is 0 Å². The van der Waals surface area contributed by atoms with E-state index in [1.165, 1.54) is 18.9 Å². The molecule has 10 heteroatoms. The Morgan fingerprint density at radius 2 is 1.88 bits per heavy atom. The van der Waals surface area contributed by atoms with Crippen LogP contribution in [0, 0.1) is 11.6 Å². The summed E-state index contributed by atoms with van der Waals surface area (Å²) in [6, 6.07) is 17.2. The van der Waals surface area contributed by atoms with E-state index in [-0.39, 0.29) is 5.91 Å². The van der Waals surface area contributed by atoms with Crippen molar-refractivity contribution in [3.05, 3.63) is 101 Å². The first-order chi connectivity index (χ1) is 19.4. The van der Waals surface area contributed by atoms with Gasteiger partial charge in [-0.05, 0) is 79.4 Å². The van der Waals surface area contributed by atoms with Gasteiger partial charge in [-0.1, -0.05) is 12.1 Å². The SMILES string of the molecule is C[C@H](NC(=O)c1cccnc1NCc1ccc(-c2ccc3ncnc(NC4CC4)c3c2)s1)c1ccc(F)c(F)c1. The molecule has 3 heterocycles. The Balaban J connectivity index is 1.15. The van der Waals surface area contributed by atoms with Crippen LogP contribution in [0.1, 0.15) is 46.6 Å². The number of pyridine rings is 1. The second-order valence-corrected chi connectivity index (χ2v) is 10.9. The van der Waals surface area contributed by atoms with Gasteiger partial charge in [-0.3, -0.25) is 4.79 Å². The number of aromatic nitrogens is 3. The summed E-state index contributed by atoms with van der Waals surface area (Å²) in [5.74, 6) is -0.944. The molecule has 1 fully saturated rings. The standard InChI is InChI=1S/C30H26F2N6OS/c1-17(18-4-9-24(31)25(32)14-18)37-30(39)22-3-2-12-33-28(22)34-15-21-8-11-27(40-21)19-5-10-26-23(13-19)29(36-16-35-26)38-20-6-7-20/h2-5,8-14,16-17,20H,6-7,15H2,1H3,(H,33,34)(H,37,39)(H,35,36,38)/t17-/m0/s1. The van der Waals surface area contributed by atoms with Crippen molar-refractivity contribution in [2.75, 3.05) is 10.6 Å². The van der Waals surface area contributed by atoms with Crippen LogP contribution in [0.5, 0.6) is 0 Å². The Bertz CT molecular complexity index is 1700. The smallest absolute Gasteiger partial charge is 0.255 e. The number of nitrogens with one attached hydrogen (secondary N) is 3. The zero-order valence-corrected chi connectivity index (χ0v) is 22.4. The first-order valence-corrected chi connectivity index (χ1v) is 13.8. The molecule has 6 rings (SSSR count). The molecule has 5 aromatic rings. The van der Waals surface area contributed by atoms with Crippen molar-refractivity contribution in [3.63, 3.8) is 0 Å². The highest BCUT2D eigenvalue weighted by Crippen LogP contribution is 2.33. The molecule has 0 unspecified atom stereocenters. The van der Waals surface area contributed by atoms with Gasteiger partial charge in [0.1, 0.15) is 18.0 Å². The lowest BCUT2D eigenvalue weighted by atomic mass is 10.1. The molecule has 0 aliphatic heterocycles. The van der Waals surface area contributed by atoms with Gasteiger partial charge in [0, 0.05) is 27.4 Å². The lowest BCUT2D eigenvalue weighted by Crippen LogP contribution is -2.27. The maximum atomic E-state index is 13.7. The molecule has 7 nitrogen and oxygen atoms in total. The van der Waals surface area contributed by atoms with Crippen LogP contribution in [0.4, 0.5) is 20.4 Å². The average Bonchev–Trinajstić information content (AvgIpc) is 3.66. The highest BCUT2D eigenvalue weighted by atomic mass is 32.1. The lowest BCUT2D eigenvalue weighted by Gasteiger charge is -2.16. The molecule has 40 heavy (non-hydrogen) atoms. The number of halogens is 2. The monoisotopic (exact) mass is 556 g/mol. The van der Waals surface area contributed by atoms with E-state index in [2.05, 4.69) is 55.2 Å². The number of nitrogens with zero attached hydrogens (tertiary/aromatic N) is 3. The Morgan fingerprint density at radius 1 is 1.00 bits per heavy atom. The fraction of sp³-hybridized carbons (Fsp3) is 0.200. The van der Waals surface area contributed by atoms with Crippen molar-refractivity contribution in [3.8, 4) is 10.4 Å². The number of rotatable bonds is 9. The van der Waals surface area contributed by atoms with Crippen LogP contribution in [-0.2, 0) is 6.54 Å². The fourth-order valence-corrected chi connectivity index (χ4v) is 5.36. The Kier molecular flexibility index (Phi) is 7.08. The quantitative estimate of drug-likeness (QED) is 0.187. The lowest BCUT2D eigenvalue weighted by molar-refractivity contribution is 0.0940. The molecular weight excluding hydrogens is 530 g/mol. The van der Waals surface area contributed by atoms with E-state index in [4.69, 9.17) is 0 Å². The first-order valence-electron chi connectivity index (χ1n) is 13.0. The molecule has 1 atom stereocenters. The molecular formula is C30H26F2N6OS. The number of hydrogen-bond acceptors (Lipinski definition) is 7. The summed E-state index contributed by atoms with van der Waals surface area (Å²) in [7, 11) is 0. The Labute approximate surface area is 233 Å². The number of anilines is 2. The van der Waals surface area contributed by atoms with Gasteiger partial charge in [0.05, 0.1) is 23.7 Å². The van der Waals surface area contributed by atoms with E-state index in [0.29, 0.717) is 29.5 Å². The third-order valence-corrected chi connectivity index (χ3v) is 7.91. The zero-order valence-electron chi connectivity index (χ0n) is 21.6. The maximum absolute atomic E-state index is 13.7. The van der Waals surface area contributed by atoms with Crippen LogP contribution < -0.4 is 16.0 Å². The minimum atomic E-state index is -0.954. The van der Waals surface area contributed by atoms with E-state index in [0.717, 1.165) is 44.2 Å². The third-order valence-electron chi connectivity index (χ3n) is 6.77. The van der Waals surface area contributed by atoms with Crippen LogP contribution in [0.3, 0.4) is 0 Å². The van der Waals surface area contributed by atoms with Gasteiger partial charge in [0.2, 0.25) is 0 Å². The minimum Gasteiger partial charge on any atom is -0.367 e. The predicted octanol–water partition coefficient (Wildman–Crippen LogP) is 6.71. The van der Waals surface area contributed by atoms with Crippen LogP contribution in [0.15, 0.2) is 73.2 Å². The largest absolute Gasteiger partial charge is 0.367 e. The van der Waals surface area contributed by atoms with Crippen molar-refractivity contribution in [1.29, 1.82) is 0 Å². The second-order valence-electron chi connectivity index (χ2n) is 9.76. The van der Waals surface area contributed by atoms with Gasteiger partial charge in [-0.15, -0.1) is 11.3 Å². The van der Waals surface area contributed by atoms with Crippen molar-refractivity contribution >= 4 is 39.8 Å². The van der Waals surface area contributed by atoms with E-state index >= 15 is 0 Å². The molecule has 0 radical (unpaired) electrons. The highest BCUT2D eigenvalue weighted by molar-refractivity contribution is 7.15. The summed E-state index contributed by atoms with van der Waals surface area (Å²) in [6.45, 7) is 2.19. The van der Waals surface area contributed by atoms with E-state index < -0.39 is 17.7 Å². The van der Waals surface area contributed by atoms with Crippen molar-refractivity contribution in [2.45, 2.75) is 38.4 Å². The Hall–Kier alpha value is -4.44. The molecule has 0 bridgehead atoms. The van der Waals surface area contributed by atoms with Gasteiger partial charge >= 0.3 is 0 Å². The van der Waals surface area contributed by atoms with Gasteiger partial charge in [0.15, 0.2) is 11.6 Å². The molecule has 1 aliphatic rings. The highest BCUT2D eigenvalue weighted by Gasteiger charge is 2.22. The average molecular weight is 557 g/mol. The summed E-state index contributed by atoms with van der Waals surface area (Å²) in [5.41, 5.74) is 2.81. The van der Waals surface area contributed by atoms with Crippen molar-refractivity contribution in [2.24, 2.45) is 0 Å². The minimum absolute atomic E-state index is 0.360. The number of fused-ring (bicyclic) bond motifs is 1. The molecule has 1 aliphatic carbocycles. The third kappa shape index (κ3) is 5.62. The molecule has 3 N–H and O–H groups in total. The van der Waals surface area contributed by atoms with E-state index in [9.17, 15) is 13.6 Å². The first kappa shape index (κ1) is 25.8. The van der Waals surface area contributed by atoms with E-state index in [1.807, 2.05) is 6.07 Å². The van der Waals surface area contributed by atoms with Gasteiger partial charge in [-0.2, -0.15) is 0 Å². The molecule has 1 saturated carbocycles. The summed E-state index contributed by atoms with van der Waals surface area (Å²) >= 11 is 1.65. The van der Waals surface area contributed by atoms with Crippen LogP contribution >= 0.6 is 11.3 Å². The Morgan fingerprint density at radius 3 is 2.70 bits per heavy atom. The van der Waals surface area contributed by atoms with Crippen molar-refractivity contribution in [1.82, 2.24) is 20.3 Å². The molecule has 3 aromatic heterocycles. The second kappa shape index (κ2) is 11.0. The predicted molar refractivity (Wildman–Crippen MR) is 153 cm³/mol. The number of hydrogen-bond donors (Lipinski definition) is 3. The van der Waals surface area contributed by atoms with E-state index in [1.54, 1.807) is 42.9 Å². The summed E-state index contributed by atoms with van der Waals surface area (Å²) < 4.78 is 27.0. The zero-order chi connectivity index (χ0) is 27.6. The summed E-state index contributed by atoms with van der Waals surface area (Å²) in [4.78, 5) is 28.4. The maximum Gasteiger partial charge on any atom is 0.255 e. The number of benzene rings is 2. The summed E-state index contributed by atoms with van der Waals surface area (Å²) in [6.07, 6.45) is 5.54. The molecule has 0 spiro atoms. The normalized spacial score (nSPS) is 13.7. The summed E-state index contributed by atoms with van der Waals surface area (Å²) in [5, 5.41) is 10.6. The topological polar surface area (TPSA) is 91.8 Å². The molecule has 1 amide bonds. The van der Waals surface area contributed by atoms with Gasteiger partial charge in [-0.25, -0.2) is 23.7 Å². The van der Waals surface area contributed by atoms with Gasteiger partial charge < -0.3 is 16.0 Å². The fourth-order valence-electron chi connectivity index (χ4n) is 4.41. The number of carbonyl (C=O) groups excluding carboxylic acids is 1. The van der Waals surface area contributed by atoms with Crippen LogP contribution in [-0.4, -0.2) is 26.9 Å².